The molecule has 0 unspecified atom stereocenters. The maximum absolute atomic E-state index is 9.09. The number of benzene rings is 2. The summed E-state index contributed by atoms with van der Waals surface area (Å²) in [5.41, 5.74) is 3.31. The van der Waals surface area contributed by atoms with Crippen LogP contribution in [-0.4, -0.2) is 16.5 Å². The molecule has 1 heterocycles. The molecule has 5 heteroatoms. The van der Waals surface area contributed by atoms with Gasteiger partial charge in [-0.05, 0) is 24.6 Å². The van der Waals surface area contributed by atoms with Crippen LogP contribution < -0.4 is 10.6 Å². The molecule has 0 aliphatic heterocycles. The number of nitrogens with zero attached hydrogens (tertiary/aromatic N) is 3. The Labute approximate surface area is 160 Å². The normalized spacial score (nSPS) is 10.2. The quantitative estimate of drug-likeness (QED) is 0.531. The van der Waals surface area contributed by atoms with E-state index in [0.29, 0.717) is 17.3 Å². The van der Waals surface area contributed by atoms with Crippen LogP contribution in [0.4, 0.5) is 17.5 Å². The molecule has 0 atom stereocenters. The number of unbranched alkanes of at least 4 members (excludes halogenated alkanes) is 2. The van der Waals surface area contributed by atoms with Gasteiger partial charge in [0.2, 0.25) is 5.95 Å². The van der Waals surface area contributed by atoms with E-state index < -0.39 is 0 Å². The SMILES string of the molecule is CCCCCNc1nc(Nc2cccc(C#N)c2)cc(-c2ccccc2)n1. The average Bonchev–Trinajstić information content (AvgIpc) is 2.72. The monoisotopic (exact) mass is 357 g/mol. The summed E-state index contributed by atoms with van der Waals surface area (Å²) in [6.45, 7) is 3.03. The lowest BCUT2D eigenvalue weighted by molar-refractivity contribution is 0.740. The highest BCUT2D eigenvalue weighted by atomic mass is 15.1. The molecule has 0 spiro atoms. The zero-order valence-electron chi connectivity index (χ0n) is 15.4. The van der Waals surface area contributed by atoms with Gasteiger partial charge in [-0.2, -0.15) is 10.2 Å². The van der Waals surface area contributed by atoms with Crippen LogP contribution in [0.5, 0.6) is 0 Å². The fourth-order valence-corrected chi connectivity index (χ4v) is 2.74. The Balaban J connectivity index is 1.88. The van der Waals surface area contributed by atoms with E-state index in [9.17, 15) is 0 Å². The molecule has 3 aromatic rings. The van der Waals surface area contributed by atoms with Crippen LogP contribution in [0, 0.1) is 11.3 Å². The molecule has 0 amide bonds. The molecule has 0 radical (unpaired) electrons. The maximum atomic E-state index is 9.09. The zero-order chi connectivity index (χ0) is 18.9. The second-order valence-electron chi connectivity index (χ2n) is 6.28. The van der Waals surface area contributed by atoms with E-state index in [1.807, 2.05) is 48.5 Å². The summed E-state index contributed by atoms with van der Waals surface area (Å²) in [4.78, 5) is 9.25. The molecule has 2 N–H and O–H groups in total. The first kappa shape index (κ1) is 18.4. The van der Waals surface area contributed by atoms with E-state index in [0.717, 1.165) is 29.9 Å². The van der Waals surface area contributed by atoms with Crippen molar-refractivity contribution in [2.75, 3.05) is 17.2 Å². The number of nitrogens with one attached hydrogen (secondary N) is 2. The van der Waals surface area contributed by atoms with Crippen LogP contribution in [0.15, 0.2) is 60.7 Å². The summed E-state index contributed by atoms with van der Waals surface area (Å²) in [5.74, 6) is 1.29. The number of aromatic nitrogens is 2. The van der Waals surface area contributed by atoms with Gasteiger partial charge >= 0.3 is 0 Å². The number of nitriles is 1. The van der Waals surface area contributed by atoms with E-state index in [4.69, 9.17) is 5.26 Å². The average molecular weight is 357 g/mol. The topological polar surface area (TPSA) is 73.6 Å². The second kappa shape index (κ2) is 9.35. The summed E-state index contributed by atoms with van der Waals surface area (Å²) in [6, 6.07) is 21.5. The minimum atomic E-state index is 0.603. The van der Waals surface area contributed by atoms with E-state index >= 15 is 0 Å². The molecule has 2 aromatic carbocycles. The number of rotatable bonds is 8. The predicted molar refractivity (Wildman–Crippen MR) is 110 cm³/mol. The molecule has 0 bridgehead atoms. The van der Waals surface area contributed by atoms with Crippen molar-refractivity contribution in [2.45, 2.75) is 26.2 Å². The van der Waals surface area contributed by atoms with Crippen molar-refractivity contribution >= 4 is 17.5 Å². The van der Waals surface area contributed by atoms with Gasteiger partial charge in [0.25, 0.3) is 0 Å². The first-order valence-corrected chi connectivity index (χ1v) is 9.24. The Bertz CT molecular complexity index is 915. The standard InChI is InChI=1S/C22H23N5/c1-2-3-7-13-24-22-26-20(18-10-5-4-6-11-18)15-21(27-22)25-19-12-8-9-17(14-19)16-23/h4-6,8-12,14-15H,2-3,7,13H2,1H3,(H2,24,25,26,27). The summed E-state index contributed by atoms with van der Waals surface area (Å²) < 4.78 is 0. The molecule has 27 heavy (non-hydrogen) atoms. The van der Waals surface area contributed by atoms with Crippen molar-refractivity contribution in [2.24, 2.45) is 0 Å². The Morgan fingerprint density at radius 3 is 2.59 bits per heavy atom. The van der Waals surface area contributed by atoms with Crippen LogP contribution in [0.2, 0.25) is 0 Å². The second-order valence-corrected chi connectivity index (χ2v) is 6.28. The number of hydrogen-bond acceptors (Lipinski definition) is 5. The lowest BCUT2D eigenvalue weighted by Crippen LogP contribution is -2.07. The molecule has 0 saturated heterocycles. The van der Waals surface area contributed by atoms with Gasteiger partial charge in [0.15, 0.2) is 0 Å². The third kappa shape index (κ3) is 5.29. The highest BCUT2D eigenvalue weighted by Gasteiger charge is 2.07. The molecule has 0 saturated carbocycles. The van der Waals surface area contributed by atoms with Gasteiger partial charge in [0, 0.05) is 23.9 Å². The molecule has 0 aliphatic carbocycles. The third-order valence-electron chi connectivity index (χ3n) is 4.12. The van der Waals surface area contributed by atoms with Crippen molar-refractivity contribution in [1.82, 2.24) is 9.97 Å². The smallest absolute Gasteiger partial charge is 0.225 e. The Kier molecular flexibility index (Phi) is 6.37. The first-order valence-electron chi connectivity index (χ1n) is 9.24. The largest absolute Gasteiger partial charge is 0.354 e. The summed E-state index contributed by atoms with van der Waals surface area (Å²) in [6.07, 6.45) is 3.44. The molecular formula is C22H23N5. The molecule has 0 aliphatic rings. The molecule has 5 nitrogen and oxygen atoms in total. The van der Waals surface area contributed by atoms with E-state index in [-0.39, 0.29) is 0 Å². The van der Waals surface area contributed by atoms with E-state index in [1.165, 1.54) is 12.8 Å². The Morgan fingerprint density at radius 1 is 0.963 bits per heavy atom. The highest BCUT2D eigenvalue weighted by molar-refractivity contribution is 5.67. The first-order chi connectivity index (χ1) is 13.3. The van der Waals surface area contributed by atoms with Gasteiger partial charge in [0.1, 0.15) is 5.82 Å². The van der Waals surface area contributed by atoms with Crippen LogP contribution in [0.3, 0.4) is 0 Å². The zero-order valence-corrected chi connectivity index (χ0v) is 15.4. The summed E-state index contributed by atoms with van der Waals surface area (Å²) in [7, 11) is 0. The van der Waals surface area contributed by atoms with Crippen LogP contribution in [0.1, 0.15) is 31.7 Å². The van der Waals surface area contributed by atoms with Crippen molar-refractivity contribution < 1.29 is 0 Å². The lowest BCUT2D eigenvalue weighted by atomic mass is 10.1. The maximum Gasteiger partial charge on any atom is 0.225 e. The lowest BCUT2D eigenvalue weighted by Gasteiger charge is -2.12. The molecule has 136 valence electrons. The molecule has 0 fully saturated rings. The fourth-order valence-electron chi connectivity index (χ4n) is 2.74. The van der Waals surface area contributed by atoms with Gasteiger partial charge in [-0.1, -0.05) is 56.2 Å². The molecule has 1 aromatic heterocycles. The van der Waals surface area contributed by atoms with Crippen LogP contribution >= 0.6 is 0 Å². The van der Waals surface area contributed by atoms with Gasteiger partial charge in [-0.15, -0.1) is 0 Å². The molecule has 3 rings (SSSR count). The van der Waals surface area contributed by atoms with Gasteiger partial charge in [-0.3, -0.25) is 0 Å². The minimum Gasteiger partial charge on any atom is -0.354 e. The third-order valence-corrected chi connectivity index (χ3v) is 4.12. The highest BCUT2D eigenvalue weighted by Crippen LogP contribution is 2.24. The predicted octanol–water partition coefficient (Wildman–Crippen LogP) is 5.36. The van der Waals surface area contributed by atoms with Crippen LogP contribution in [0.25, 0.3) is 11.3 Å². The van der Waals surface area contributed by atoms with Crippen LogP contribution in [-0.2, 0) is 0 Å². The van der Waals surface area contributed by atoms with Gasteiger partial charge in [0.05, 0.1) is 17.3 Å². The van der Waals surface area contributed by atoms with Crippen molar-refractivity contribution in [3.63, 3.8) is 0 Å². The Morgan fingerprint density at radius 2 is 1.81 bits per heavy atom. The summed E-state index contributed by atoms with van der Waals surface area (Å²) in [5, 5.41) is 15.7. The Hall–Kier alpha value is -3.39. The van der Waals surface area contributed by atoms with Crippen molar-refractivity contribution in [3.05, 3.63) is 66.2 Å². The van der Waals surface area contributed by atoms with Crippen molar-refractivity contribution in [3.8, 4) is 17.3 Å². The number of anilines is 3. The minimum absolute atomic E-state index is 0.603. The number of hydrogen-bond donors (Lipinski definition) is 2. The van der Waals surface area contributed by atoms with Gasteiger partial charge < -0.3 is 10.6 Å². The van der Waals surface area contributed by atoms with Crippen molar-refractivity contribution in [1.29, 1.82) is 5.26 Å². The summed E-state index contributed by atoms with van der Waals surface area (Å²) >= 11 is 0. The van der Waals surface area contributed by atoms with Gasteiger partial charge in [-0.25, -0.2) is 4.98 Å². The molecular weight excluding hydrogens is 334 g/mol. The fraction of sp³-hybridized carbons (Fsp3) is 0.227. The van der Waals surface area contributed by atoms with E-state index in [2.05, 4.69) is 33.6 Å². The van der Waals surface area contributed by atoms with E-state index in [1.54, 1.807) is 12.1 Å².